The summed E-state index contributed by atoms with van der Waals surface area (Å²) in [6.45, 7) is 4.13. The normalized spacial score (nSPS) is 21.6. The molecule has 0 saturated carbocycles. The van der Waals surface area contributed by atoms with Gasteiger partial charge in [-0.15, -0.1) is 11.3 Å². The zero-order chi connectivity index (χ0) is 15.4. The van der Waals surface area contributed by atoms with Crippen molar-refractivity contribution in [3.05, 3.63) is 40.2 Å². The molecule has 1 saturated heterocycles. The number of thiazole rings is 1. The first kappa shape index (κ1) is 15.7. The van der Waals surface area contributed by atoms with Gasteiger partial charge in [0, 0.05) is 17.5 Å². The number of aryl methyl sites for hydroxylation is 1. The Balaban J connectivity index is 1.69. The van der Waals surface area contributed by atoms with E-state index >= 15 is 0 Å². The minimum Gasteiger partial charge on any atom is -0.467 e. The molecule has 5 heteroatoms. The van der Waals surface area contributed by atoms with Gasteiger partial charge in [-0.25, -0.2) is 4.98 Å². The molecule has 1 aliphatic rings. The molecule has 2 aromatic rings. The standard InChI is InChI=1S/C17H24N2O2S/c1-13-17(22-12-18-13)11-19-8-4-2-3-6-14(19)10-15(20)16-7-5-9-21-16/h5,7,9,12,14-15,20H,2-4,6,8,10-11H2,1H3. The third kappa shape index (κ3) is 3.77. The summed E-state index contributed by atoms with van der Waals surface area (Å²) < 4.78 is 5.35. The molecule has 0 bridgehead atoms. The number of aromatic nitrogens is 1. The first-order valence-electron chi connectivity index (χ1n) is 8.08. The van der Waals surface area contributed by atoms with Gasteiger partial charge < -0.3 is 9.52 Å². The van der Waals surface area contributed by atoms with Crippen LogP contribution in [0.5, 0.6) is 0 Å². The predicted molar refractivity (Wildman–Crippen MR) is 87.8 cm³/mol. The third-order valence-electron chi connectivity index (χ3n) is 4.56. The van der Waals surface area contributed by atoms with Crippen LogP contribution in [0.1, 0.15) is 54.5 Å². The summed E-state index contributed by atoms with van der Waals surface area (Å²) >= 11 is 1.73. The van der Waals surface area contributed by atoms with Gasteiger partial charge in [0.25, 0.3) is 0 Å². The highest BCUT2D eigenvalue weighted by Crippen LogP contribution is 2.28. The van der Waals surface area contributed by atoms with Gasteiger partial charge in [0.15, 0.2) is 0 Å². The Morgan fingerprint density at radius 3 is 3.09 bits per heavy atom. The Hall–Kier alpha value is -1.17. The van der Waals surface area contributed by atoms with Gasteiger partial charge in [0.2, 0.25) is 0 Å². The van der Waals surface area contributed by atoms with Crippen molar-refractivity contribution >= 4 is 11.3 Å². The van der Waals surface area contributed by atoms with Crippen molar-refractivity contribution in [1.82, 2.24) is 9.88 Å². The maximum Gasteiger partial charge on any atom is 0.132 e. The lowest BCUT2D eigenvalue weighted by molar-refractivity contribution is 0.0834. The number of furan rings is 1. The summed E-state index contributed by atoms with van der Waals surface area (Å²) in [5.74, 6) is 0.679. The number of hydrogen-bond donors (Lipinski definition) is 1. The van der Waals surface area contributed by atoms with Gasteiger partial charge in [0.05, 0.1) is 17.5 Å². The average Bonchev–Trinajstić information content (AvgIpc) is 3.12. The first-order chi connectivity index (χ1) is 10.7. The van der Waals surface area contributed by atoms with E-state index in [2.05, 4.69) is 16.8 Å². The molecule has 22 heavy (non-hydrogen) atoms. The lowest BCUT2D eigenvalue weighted by Gasteiger charge is -2.30. The van der Waals surface area contributed by atoms with Crippen LogP contribution in [0.2, 0.25) is 0 Å². The van der Waals surface area contributed by atoms with E-state index in [-0.39, 0.29) is 0 Å². The monoisotopic (exact) mass is 320 g/mol. The van der Waals surface area contributed by atoms with Crippen LogP contribution in [0, 0.1) is 6.92 Å². The maximum atomic E-state index is 10.4. The molecule has 2 atom stereocenters. The summed E-state index contributed by atoms with van der Waals surface area (Å²) in [6, 6.07) is 4.10. The molecule has 3 rings (SSSR count). The second-order valence-corrected chi connectivity index (χ2v) is 7.04. The van der Waals surface area contributed by atoms with Crippen LogP contribution in [0.25, 0.3) is 0 Å². The van der Waals surface area contributed by atoms with E-state index in [9.17, 15) is 5.11 Å². The number of hydrogen-bond acceptors (Lipinski definition) is 5. The SMILES string of the molecule is Cc1ncsc1CN1CCCCCC1CC(O)c1ccco1. The maximum absolute atomic E-state index is 10.4. The van der Waals surface area contributed by atoms with Crippen LogP contribution < -0.4 is 0 Å². The van der Waals surface area contributed by atoms with Gasteiger partial charge in [-0.2, -0.15) is 0 Å². The Kier molecular flexibility index (Phi) is 5.28. The molecule has 0 aromatic carbocycles. The van der Waals surface area contributed by atoms with Crippen molar-refractivity contribution in [3.63, 3.8) is 0 Å². The highest BCUT2D eigenvalue weighted by atomic mass is 32.1. The summed E-state index contributed by atoms with van der Waals surface area (Å²) in [7, 11) is 0. The van der Waals surface area contributed by atoms with E-state index in [1.165, 1.54) is 24.1 Å². The smallest absolute Gasteiger partial charge is 0.132 e. The van der Waals surface area contributed by atoms with Gasteiger partial charge in [0.1, 0.15) is 11.9 Å². The van der Waals surface area contributed by atoms with E-state index < -0.39 is 6.10 Å². The van der Waals surface area contributed by atoms with Crippen LogP contribution in [-0.2, 0) is 6.54 Å². The van der Waals surface area contributed by atoms with Gasteiger partial charge >= 0.3 is 0 Å². The quantitative estimate of drug-likeness (QED) is 0.907. The highest BCUT2D eigenvalue weighted by Gasteiger charge is 2.26. The zero-order valence-electron chi connectivity index (χ0n) is 13.1. The highest BCUT2D eigenvalue weighted by molar-refractivity contribution is 7.09. The minimum absolute atomic E-state index is 0.407. The van der Waals surface area contributed by atoms with Crippen molar-refractivity contribution < 1.29 is 9.52 Å². The molecule has 0 aliphatic carbocycles. The second kappa shape index (κ2) is 7.40. The fraction of sp³-hybridized carbons (Fsp3) is 0.588. The minimum atomic E-state index is -0.511. The Morgan fingerprint density at radius 1 is 1.45 bits per heavy atom. The molecule has 1 aliphatic heterocycles. The summed E-state index contributed by atoms with van der Waals surface area (Å²) in [5, 5.41) is 10.4. The van der Waals surface area contributed by atoms with Crippen LogP contribution in [0.4, 0.5) is 0 Å². The number of likely N-dealkylation sites (tertiary alicyclic amines) is 1. The van der Waals surface area contributed by atoms with E-state index in [0.717, 1.165) is 31.6 Å². The van der Waals surface area contributed by atoms with Crippen LogP contribution in [0.15, 0.2) is 28.3 Å². The van der Waals surface area contributed by atoms with E-state index in [1.807, 2.05) is 17.6 Å². The largest absolute Gasteiger partial charge is 0.467 e. The third-order valence-corrected chi connectivity index (χ3v) is 5.48. The van der Waals surface area contributed by atoms with E-state index in [4.69, 9.17) is 4.42 Å². The molecule has 0 amide bonds. The van der Waals surface area contributed by atoms with Crippen LogP contribution in [0.3, 0.4) is 0 Å². The molecule has 1 N–H and O–H groups in total. The van der Waals surface area contributed by atoms with E-state index in [0.29, 0.717) is 11.8 Å². The number of nitrogens with zero attached hydrogens (tertiary/aromatic N) is 2. The van der Waals surface area contributed by atoms with Gasteiger partial charge in [-0.1, -0.05) is 12.8 Å². The van der Waals surface area contributed by atoms with Crippen molar-refractivity contribution in [3.8, 4) is 0 Å². The van der Waals surface area contributed by atoms with Crippen molar-refractivity contribution in [2.75, 3.05) is 6.54 Å². The zero-order valence-corrected chi connectivity index (χ0v) is 13.9. The molecule has 3 heterocycles. The molecule has 1 fully saturated rings. The lowest BCUT2D eigenvalue weighted by atomic mass is 10.0. The Bertz CT molecular complexity index is 567. The molecule has 0 spiro atoms. The average molecular weight is 320 g/mol. The fourth-order valence-corrected chi connectivity index (χ4v) is 4.03. The molecule has 2 aromatic heterocycles. The predicted octanol–water partition coefficient (Wildman–Crippen LogP) is 3.91. The molecule has 2 unspecified atom stereocenters. The summed E-state index contributed by atoms with van der Waals surface area (Å²) in [6.07, 6.45) is 6.78. The van der Waals surface area contributed by atoms with Crippen LogP contribution >= 0.6 is 11.3 Å². The van der Waals surface area contributed by atoms with E-state index in [1.54, 1.807) is 17.6 Å². The van der Waals surface area contributed by atoms with Gasteiger partial charge in [-0.05, 0) is 44.9 Å². The van der Waals surface area contributed by atoms with Crippen molar-refractivity contribution in [2.45, 2.75) is 57.7 Å². The number of rotatable bonds is 5. The molecule has 4 nitrogen and oxygen atoms in total. The van der Waals surface area contributed by atoms with Crippen LogP contribution in [-0.4, -0.2) is 27.6 Å². The summed E-state index contributed by atoms with van der Waals surface area (Å²) in [5.41, 5.74) is 3.06. The number of aliphatic hydroxyl groups is 1. The molecular weight excluding hydrogens is 296 g/mol. The Morgan fingerprint density at radius 2 is 2.36 bits per heavy atom. The topological polar surface area (TPSA) is 49.5 Å². The fourth-order valence-electron chi connectivity index (χ4n) is 3.23. The van der Waals surface area contributed by atoms with Crippen molar-refractivity contribution in [1.29, 1.82) is 0 Å². The molecule has 120 valence electrons. The second-order valence-electron chi connectivity index (χ2n) is 6.10. The molecular formula is C17H24N2O2S. The molecule has 0 radical (unpaired) electrons. The lowest BCUT2D eigenvalue weighted by Crippen LogP contribution is -2.35. The van der Waals surface area contributed by atoms with Crippen molar-refractivity contribution in [2.24, 2.45) is 0 Å². The Labute approximate surface area is 135 Å². The summed E-state index contributed by atoms with van der Waals surface area (Å²) in [4.78, 5) is 8.23. The van der Waals surface area contributed by atoms with Gasteiger partial charge in [-0.3, -0.25) is 4.90 Å². The number of aliphatic hydroxyl groups excluding tert-OH is 1. The first-order valence-corrected chi connectivity index (χ1v) is 8.96.